The van der Waals surface area contributed by atoms with Crippen molar-refractivity contribution in [2.24, 2.45) is 22.7 Å². The first kappa shape index (κ1) is 25.2. The minimum Gasteiger partial charge on any atom is -0.469 e. The maximum Gasteiger partial charge on any atom is 0.406 e. The highest BCUT2D eigenvalue weighted by molar-refractivity contribution is 5.88. The molecule has 1 aromatic carbocycles. The second-order valence-electron chi connectivity index (χ2n) is 10.0. The molecule has 1 heterocycles. The Morgan fingerprint density at radius 1 is 1.14 bits per heavy atom. The molecule has 0 aliphatic heterocycles. The van der Waals surface area contributed by atoms with Gasteiger partial charge in [-0.25, -0.2) is 9.07 Å². The van der Waals surface area contributed by atoms with Crippen molar-refractivity contribution < 1.29 is 36.6 Å². The number of carbonyl (C=O) groups excluding carboxylic acids is 2. The quantitative estimate of drug-likeness (QED) is 0.317. The van der Waals surface area contributed by atoms with Gasteiger partial charge in [-0.15, -0.1) is 0 Å². The van der Waals surface area contributed by atoms with Gasteiger partial charge in [0.1, 0.15) is 5.82 Å². The first-order chi connectivity index (χ1) is 17.5. The largest absolute Gasteiger partial charge is 0.469 e. The molecule has 1 fully saturated rings. The van der Waals surface area contributed by atoms with Gasteiger partial charge in [-0.2, -0.15) is 18.3 Å². The van der Waals surface area contributed by atoms with Crippen LogP contribution in [-0.2, 0) is 25.5 Å². The number of ether oxygens (including phenoxy) is 2. The third-order valence-corrected chi connectivity index (χ3v) is 8.39. The highest BCUT2D eigenvalue weighted by Crippen LogP contribution is 2.65. The van der Waals surface area contributed by atoms with Crippen molar-refractivity contribution in [3.63, 3.8) is 0 Å². The summed E-state index contributed by atoms with van der Waals surface area (Å²) in [5.41, 5.74) is -0.183. The molecule has 1 aromatic heterocycles. The number of benzene rings is 1. The molecule has 3 aliphatic rings. The number of hydrogen-bond donors (Lipinski definition) is 0. The van der Waals surface area contributed by atoms with E-state index in [-0.39, 0.29) is 25.1 Å². The van der Waals surface area contributed by atoms with E-state index >= 15 is 0 Å². The number of esters is 2. The van der Waals surface area contributed by atoms with Gasteiger partial charge >= 0.3 is 18.1 Å². The number of carbonyl (C=O) groups is 2. The molecular formula is C27H26F4N2O4. The molecule has 5 rings (SSSR count). The fraction of sp³-hybridized carbons (Fsp3) is 0.444. The van der Waals surface area contributed by atoms with Gasteiger partial charge in [0, 0.05) is 11.3 Å². The number of hydrogen-bond acceptors (Lipinski definition) is 5. The Balaban J connectivity index is 1.63. The second-order valence-corrected chi connectivity index (χ2v) is 10.0. The number of methoxy groups -OCH3 is 2. The Hall–Kier alpha value is -3.43. The first-order valence-electron chi connectivity index (χ1n) is 12.0. The SMILES string of the molecule is COC(=O)[C@@H]1CC=C2[C@H](CCC3=Cc4c(cnn4-c4ccc(F)cc4)C[C@@]32C)[C@@]1(C(=O)OC)C(F)(F)F. The summed E-state index contributed by atoms with van der Waals surface area (Å²) in [6.07, 6.45) is 0.610. The van der Waals surface area contributed by atoms with Crippen LogP contribution in [0.25, 0.3) is 11.8 Å². The van der Waals surface area contributed by atoms with Gasteiger partial charge in [-0.3, -0.25) is 9.59 Å². The lowest BCUT2D eigenvalue weighted by Crippen LogP contribution is -2.62. The van der Waals surface area contributed by atoms with Gasteiger partial charge in [-0.05, 0) is 61.6 Å². The fourth-order valence-electron chi connectivity index (χ4n) is 6.67. The Kier molecular flexibility index (Phi) is 5.84. The fourth-order valence-corrected chi connectivity index (χ4v) is 6.67. The maximum absolute atomic E-state index is 15.0. The van der Waals surface area contributed by atoms with Crippen molar-refractivity contribution in [3.8, 4) is 5.69 Å². The molecule has 0 spiro atoms. The lowest BCUT2D eigenvalue weighted by molar-refractivity contribution is -0.266. The van der Waals surface area contributed by atoms with Gasteiger partial charge in [-0.1, -0.05) is 24.1 Å². The van der Waals surface area contributed by atoms with Crippen LogP contribution < -0.4 is 0 Å². The van der Waals surface area contributed by atoms with Crippen molar-refractivity contribution in [2.45, 2.75) is 38.8 Å². The number of nitrogens with zero attached hydrogens (tertiary/aromatic N) is 2. The molecule has 37 heavy (non-hydrogen) atoms. The summed E-state index contributed by atoms with van der Waals surface area (Å²) in [6, 6.07) is 5.89. The zero-order valence-electron chi connectivity index (χ0n) is 20.6. The number of fused-ring (bicyclic) bond motifs is 4. The summed E-state index contributed by atoms with van der Waals surface area (Å²) in [5, 5.41) is 4.46. The maximum atomic E-state index is 15.0. The van der Waals surface area contributed by atoms with Crippen LogP contribution in [0.5, 0.6) is 0 Å². The van der Waals surface area contributed by atoms with Crippen molar-refractivity contribution in [1.29, 1.82) is 0 Å². The first-order valence-corrected chi connectivity index (χ1v) is 12.0. The average molecular weight is 519 g/mol. The molecule has 2 aromatic rings. The number of rotatable bonds is 3. The smallest absolute Gasteiger partial charge is 0.406 e. The summed E-state index contributed by atoms with van der Waals surface area (Å²) in [4.78, 5) is 25.6. The van der Waals surface area contributed by atoms with Crippen LogP contribution in [0.4, 0.5) is 17.6 Å². The van der Waals surface area contributed by atoms with E-state index in [0.717, 1.165) is 31.1 Å². The lowest BCUT2D eigenvalue weighted by atomic mass is 9.48. The Morgan fingerprint density at radius 2 is 1.84 bits per heavy atom. The van der Waals surface area contributed by atoms with E-state index in [9.17, 15) is 27.2 Å². The molecule has 0 N–H and O–H groups in total. The summed E-state index contributed by atoms with van der Waals surface area (Å²) in [5.74, 6) is -5.96. The van der Waals surface area contributed by atoms with Gasteiger partial charge < -0.3 is 9.47 Å². The van der Waals surface area contributed by atoms with Crippen LogP contribution in [0.3, 0.4) is 0 Å². The van der Waals surface area contributed by atoms with E-state index in [1.807, 2.05) is 13.0 Å². The molecule has 0 radical (unpaired) electrons. The third kappa shape index (κ3) is 3.48. The predicted octanol–water partition coefficient (Wildman–Crippen LogP) is 5.21. The molecule has 0 amide bonds. The molecule has 4 atom stereocenters. The molecule has 1 saturated carbocycles. The van der Waals surface area contributed by atoms with E-state index < -0.39 is 40.8 Å². The van der Waals surface area contributed by atoms with E-state index in [4.69, 9.17) is 9.47 Å². The van der Waals surface area contributed by atoms with E-state index in [0.29, 0.717) is 17.7 Å². The highest BCUT2D eigenvalue weighted by Gasteiger charge is 2.74. The molecule has 196 valence electrons. The Labute approximate surface area is 210 Å². The summed E-state index contributed by atoms with van der Waals surface area (Å²) >= 11 is 0. The number of aromatic nitrogens is 2. The Morgan fingerprint density at radius 3 is 2.46 bits per heavy atom. The number of allylic oxidation sites excluding steroid dienone is 3. The molecule has 0 bridgehead atoms. The van der Waals surface area contributed by atoms with E-state index in [2.05, 4.69) is 5.10 Å². The minimum absolute atomic E-state index is 0.00931. The standard InChI is InChI=1S/C27H26F4N2O4/c1-25-13-15-14-32-33(18-7-5-17(28)6-8-18)22(15)12-16(25)4-9-20-19(25)10-11-21(23(34)36-2)26(20,24(35)37-3)27(29,30)31/h5-8,10,12,14,20-21H,4,9,11,13H2,1-3H3/t20-,21-,25-,26+/m0/s1. The normalized spacial score (nSPS) is 28.7. The lowest BCUT2D eigenvalue weighted by Gasteiger charge is -2.54. The average Bonchev–Trinajstić information content (AvgIpc) is 3.27. The van der Waals surface area contributed by atoms with Gasteiger partial charge in [0.25, 0.3) is 0 Å². The minimum atomic E-state index is -5.05. The molecule has 3 aliphatic carbocycles. The molecule has 6 nitrogen and oxygen atoms in total. The van der Waals surface area contributed by atoms with Crippen LogP contribution >= 0.6 is 0 Å². The van der Waals surface area contributed by atoms with Crippen LogP contribution in [0, 0.1) is 28.5 Å². The molecule has 0 saturated heterocycles. The molecule has 10 heteroatoms. The second kappa shape index (κ2) is 8.56. The molecule has 0 unspecified atom stereocenters. The summed E-state index contributed by atoms with van der Waals surface area (Å²) in [6.45, 7) is 1.88. The summed E-state index contributed by atoms with van der Waals surface area (Å²) < 4.78 is 69.5. The van der Waals surface area contributed by atoms with Crippen LogP contribution in [0.2, 0.25) is 0 Å². The van der Waals surface area contributed by atoms with E-state index in [1.165, 1.54) is 12.1 Å². The molecular weight excluding hydrogens is 492 g/mol. The summed E-state index contributed by atoms with van der Waals surface area (Å²) in [7, 11) is 1.93. The van der Waals surface area contributed by atoms with Gasteiger partial charge in [0.05, 0.1) is 37.7 Å². The van der Waals surface area contributed by atoms with Gasteiger partial charge in [0.2, 0.25) is 0 Å². The van der Waals surface area contributed by atoms with Gasteiger partial charge in [0.15, 0.2) is 5.41 Å². The topological polar surface area (TPSA) is 70.4 Å². The number of alkyl halides is 3. The van der Waals surface area contributed by atoms with E-state index in [1.54, 1.807) is 29.1 Å². The van der Waals surface area contributed by atoms with Crippen LogP contribution in [-0.4, -0.2) is 42.1 Å². The monoisotopic (exact) mass is 518 g/mol. The highest BCUT2D eigenvalue weighted by atomic mass is 19.4. The van der Waals surface area contributed by atoms with Crippen molar-refractivity contribution in [1.82, 2.24) is 9.78 Å². The third-order valence-electron chi connectivity index (χ3n) is 8.39. The zero-order valence-corrected chi connectivity index (χ0v) is 20.6. The number of halogens is 4. The Bertz CT molecular complexity index is 1330. The van der Waals surface area contributed by atoms with Crippen LogP contribution in [0.1, 0.15) is 37.4 Å². The zero-order chi connectivity index (χ0) is 26.8. The van der Waals surface area contributed by atoms with Crippen molar-refractivity contribution >= 4 is 18.0 Å². The predicted molar refractivity (Wildman–Crippen MR) is 125 cm³/mol. The van der Waals surface area contributed by atoms with Crippen LogP contribution in [0.15, 0.2) is 47.7 Å². The van der Waals surface area contributed by atoms with Crippen molar-refractivity contribution in [3.05, 3.63) is 64.8 Å². The van der Waals surface area contributed by atoms with Crippen molar-refractivity contribution in [2.75, 3.05) is 14.2 Å².